The highest BCUT2D eigenvalue weighted by atomic mass is 16.2. The molecule has 2 aromatic rings. The first-order valence-corrected chi connectivity index (χ1v) is 11.8. The van der Waals surface area contributed by atoms with Gasteiger partial charge in [-0.05, 0) is 66.3 Å². The molecule has 7 nitrogen and oxygen atoms in total. The maximum absolute atomic E-state index is 13.0. The first kappa shape index (κ1) is 21.2. The van der Waals surface area contributed by atoms with E-state index in [4.69, 9.17) is 0 Å². The molecule has 1 aromatic carbocycles. The number of piperazine rings is 1. The minimum Gasteiger partial charge on any atom is -0.369 e. The molecule has 32 heavy (non-hydrogen) atoms. The number of nitrogens with one attached hydrogen (secondary N) is 3. The zero-order chi connectivity index (χ0) is 22.3. The van der Waals surface area contributed by atoms with Crippen molar-refractivity contribution in [2.75, 3.05) is 36.4 Å². The SMILES string of the molecule is CC1(C)[C@H]2CC[C@]1(C)[C@H](NC(=O)c1ccnc(Nc3ccc(N4CCNCC4)cc3)n1)C2. The van der Waals surface area contributed by atoms with Gasteiger partial charge in [0.2, 0.25) is 5.95 Å². The molecule has 170 valence electrons. The van der Waals surface area contributed by atoms with Crippen LogP contribution in [-0.2, 0) is 0 Å². The number of hydrogen-bond acceptors (Lipinski definition) is 6. The van der Waals surface area contributed by atoms with E-state index in [2.05, 4.69) is 63.7 Å². The molecule has 0 radical (unpaired) electrons. The van der Waals surface area contributed by atoms with Crippen LogP contribution in [0.15, 0.2) is 36.5 Å². The number of anilines is 3. The smallest absolute Gasteiger partial charge is 0.270 e. The van der Waals surface area contributed by atoms with Crippen molar-refractivity contribution >= 4 is 23.2 Å². The number of carbonyl (C=O) groups is 1. The first-order chi connectivity index (χ1) is 15.4. The number of fused-ring (bicyclic) bond motifs is 2. The molecular weight excluding hydrogens is 400 g/mol. The molecule has 2 aliphatic carbocycles. The fourth-order valence-corrected chi connectivity index (χ4v) is 6.01. The molecular formula is C25H34N6O. The van der Waals surface area contributed by atoms with Gasteiger partial charge >= 0.3 is 0 Å². The molecule has 3 aliphatic rings. The van der Waals surface area contributed by atoms with E-state index in [0.717, 1.165) is 38.3 Å². The van der Waals surface area contributed by atoms with Gasteiger partial charge in [0.05, 0.1) is 0 Å². The highest BCUT2D eigenvalue weighted by Gasteiger charge is 2.61. The van der Waals surface area contributed by atoms with E-state index in [9.17, 15) is 4.79 Å². The van der Waals surface area contributed by atoms with E-state index in [-0.39, 0.29) is 22.8 Å². The Labute approximate surface area is 190 Å². The van der Waals surface area contributed by atoms with Gasteiger partial charge < -0.3 is 20.9 Å². The van der Waals surface area contributed by atoms with Gasteiger partial charge in [-0.25, -0.2) is 9.97 Å². The fourth-order valence-electron chi connectivity index (χ4n) is 6.01. The lowest BCUT2D eigenvalue weighted by Gasteiger charge is -2.39. The Kier molecular flexibility index (Phi) is 5.32. The van der Waals surface area contributed by atoms with Crippen LogP contribution in [0, 0.1) is 16.7 Å². The van der Waals surface area contributed by atoms with E-state index in [1.165, 1.54) is 18.5 Å². The van der Waals surface area contributed by atoms with Crippen molar-refractivity contribution in [1.29, 1.82) is 0 Å². The van der Waals surface area contributed by atoms with Gasteiger partial charge in [-0.15, -0.1) is 0 Å². The van der Waals surface area contributed by atoms with Crippen molar-refractivity contribution in [3.05, 3.63) is 42.2 Å². The molecule has 1 amide bonds. The Morgan fingerprint density at radius 1 is 1.12 bits per heavy atom. The second-order valence-corrected chi connectivity index (χ2v) is 10.3. The average Bonchev–Trinajstić information content (AvgIpc) is 3.14. The van der Waals surface area contributed by atoms with Gasteiger partial charge in [0, 0.05) is 49.8 Å². The summed E-state index contributed by atoms with van der Waals surface area (Å²) in [6, 6.07) is 10.2. The topological polar surface area (TPSA) is 82.2 Å². The molecule has 0 spiro atoms. The zero-order valence-electron chi connectivity index (χ0n) is 19.3. The quantitative estimate of drug-likeness (QED) is 0.667. The maximum atomic E-state index is 13.0. The van der Waals surface area contributed by atoms with E-state index < -0.39 is 0 Å². The highest BCUT2D eigenvalue weighted by Crippen LogP contribution is 2.65. The van der Waals surface area contributed by atoms with Gasteiger partial charge in [0.15, 0.2) is 0 Å². The lowest BCUT2D eigenvalue weighted by atomic mass is 9.69. The third kappa shape index (κ3) is 3.62. The Bertz CT molecular complexity index is 984. The van der Waals surface area contributed by atoms with Crippen molar-refractivity contribution in [3.8, 4) is 0 Å². The second-order valence-electron chi connectivity index (χ2n) is 10.3. The predicted molar refractivity (Wildman–Crippen MR) is 127 cm³/mol. The van der Waals surface area contributed by atoms with Crippen LogP contribution in [-0.4, -0.2) is 48.1 Å². The molecule has 5 rings (SSSR count). The van der Waals surface area contributed by atoms with Crippen LogP contribution in [0.1, 0.15) is 50.5 Å². The van der Waals surface area contributed by atoms with E-state index in [1.807, 2.05) is 12.1 Å². The summed E-state index contributed by atoms with van der Waals surface area (Å²) >= 11 is 0. The summed E-state index contributed by atoms with van der Waals surface area (Å²) in [5, 5.41) is 9.90. The molecule has 3 N–H and O–H groups in total. The summed E-state index contributed by atoms with van der Waals surface area (Å²) in [5.41, 5.74) is 2.94. The normalized spacial score (nSPS) is 28.5. The monoisotopic (exact) mass is 434 g/mol. The third-order valence-electron chi connectivity index (χ3n) is 8.59. The van der Waals surface area contributed by atoms with Gasteiger partial charge in [-0.2, -0.15) is 0 Å². The largest absolute Gasteiger partial charge is 0.369 e. The highest BCUT2D eigenvalue weighted by molar-refractivity contribution is 5.92. The molecule has 1 aromatic heterocycles. The summed E-state index contributed by atoms with van der Waals surface area (Å²) in [6.07, 6.45) is 5.15. The van der Waals surface area contributed by atoms with Crippen LogP contribution in [0.4, 0.5) is 17.3 Å². The number of rotatable bonds is 5. The first-order valence-electron chi connectivity index (χ1n) is 11.8. The Hall–Kier alpha value is -2.67. The van der Waals surface area contributed by atoms with E-state index >= 15 is 0 Å². The van der Waals surface area contributed by atoms with Crippen molar-refractivity contribution in [2.45, 2.75) is 46.1 Å². The number of hydrogen-bond donors (Lipinski definition) is 3. The summed E-state index contributed by atoms with van der Waals surface area (Å²) in [6.45, 7) is 11.1. The van der Waals surface area contributed by atoms with Crippen molar-refractivity contribution in [3.63, 3.8) is 0 Å². The van der Waals surface area contributed by atoms with Crippen molar-refractivity contribution in [2.24, 2.45) is 16.7 Å². The minimum atomic E-state index is -0.112. The predicted octanol–water partition coefficient (Wildman–Crippen LogP) is 3.57. The Morgan fingerprint density at radius 3 is 2.53 bits per heavy atom. The number of benzene rings is 1. The molecule has 1 aliphatic heterocycles. The van der Waals surface area contributed by atoms with Crippen LogP contribution >= 0.6 is 0 Å². The van der Waals surface area contributed by atoms with Crippen LogP contribution < -0.4 is 20.9 Å². The van der Waals surface area contributed by atoms with Crippen molar-refractivity contribution in [1.82, 2.24) is 20.6 Å². The fraction of sp³-hybridized carbons (Fsp3) is 0.560. The molecule has 2 heterocycles. The van der Waals surface area contributed by atoms with Crippen LogP contribution in [0.3, 0.4) is 0 Å². The molecule has 2 saturated carbocycles. The van der Waals surface area contributed by atoms with Gasteiger partial charge in [0.1, 0.15) is 5.69 Å². The van der Waals surface area contributed by atoms with Crippen LogP contribution in [0.2, 0.25) is 0 Å². The van der Waals surface area contributed by atoms with Gasteiger partial charge in [-0.3, -0.25) is 4.79 Å². The standard InChI is InChI=1S/C25H34N6O/c1-24(2)17-8-10-25(24,3)21(16-17)30-22(32)20-9-11-27-23(29-20)28-18-4-6-19(7-5-18)31-14-12-26-13-15-31/h4-7,9,11,17,21,26H,8,10,12-16H2,1-3H3,(H,30,32)(H,27,28,29)/t17-,21+,25+/m0/s1. The Balaban J connectivity index is 1.24. The average molecular weight is 435 g/mol. The summed E-state index contributed by atoms with van der Waals surface area (Å²) in [7, 11) is 0. The summed E-state index contributed by atoms with van der Waals surface area (Å²) in [5.74, 6) is 1.01. The summed E-state index contributed by atoms with van der Waals surface area (Å²) in [4.78, 5) is 24.2. The van der Waals surface area contributed by atoms with E-state index in [1.54, 1.807) is 12.3 Å². The lowest BCUT2D eigenvalue weighted by molar-refractivity contribution is 0.0821. The van der Waals surface area contributed by atoms with Crippen LogP contribution in [0.5, 0.6) is 0 Å². The number of amides is 1. The number of carbonyl (C=O) groups excluding carboxylic acids is 1. The molecule has 7 heteroatoms. The third-order valence-corrected chi connectivity index (χ3v) is 8.59. The molecule has 2 bridgehead atoms. The molecule has 1 saturated heterocycles. The molecule has 0 unspecified atom stereocenters. The molecule has 3 fully saturated rings. The summed E-state index contributed by atoms with van der Waals surface area (Å²) < 4.78 is 0. The number of aromatic nitrogens is 2. The van der Waals surface area contributed by atoms with Crippen molar-refractivity contribution < 1.29 is 4.79 Å². The van der Waals surface area contributed by atoms with Gasteiger partial charge in [0.25, 0.3) is 5.91 Å². The minimum absolute atomic E-state index is 0.112. The van der Waals surface area contributed by atoms with E-state index in [0.29, 0.717) is 17.6 Å². The molecule has 3 atom stereocenters. The second kappa shape index (κ2) is 8.03. The number of nitrogens with zero attached hydrogens (tertiary/aromatic N) is 3. The zero-order valence-corrected chi connectivity index (χ0v) is 19.3. The van der Waals surface area contributed by atoms with Gasteiger partial charge in [-0.1, -0.05) is 20.8 Å². The van der Waals surface area contributed by atoms with Crippen LogP contribution in [0.25, 0.3) is 0 Å². The lowest BCUT2D eigenvalue weighted by Crippen LogP contribution is -2.47. The Morgan fingerprint density at radius 2 is 1.88 bits per heavy atom. The maximum Gasteiger partial charge on any atom is 0.270 e.